The molecule has 2 N–H and O–H groups in total. The van der Waals surface area contributed by atoms with Gasteiger partial charge in [-0.1, -0.05) is 12.1 Å². The van der Waals surface area contributed by atoms with Crippen molar-refractivity contribution in [2.45, 2.75) is 20.4 Å². The van der Waals surface area contributed by atoms with Gasteiger partial charge in [-0.15, -0.1) is 0 Å². The summed E-state index contributed by atoms with van der Waals surface area (Å²) in [4.78, 5) is 0. The van der Waals surface area contributed by atoms with Gasteiger partial charge < -0.3 is 10.4 Å². The molecule has 0 radical (unpaired) electrons. The summed E-state index contributed by atoms with van der Waals surface area (Å²) in [5.74, 6) is 0. The largest absolute Gasteiger partial charge is 0.394 e. The predicted molar refractivity (Wildman–Crippen MR) is 73.8 cm³/mol. The highest BCUT2D eigenvalue weighted by atomic mass is 16.3. The molecule has 0 aliphatic carbocycles. The summed E-state index contributed by atoms with van der Waals surface area (Å²) < 4.78 is 1.83. The Morgan fingerprint density at radius 3 is 2.72 bits per heavy atom. The Labute approximate surface area is 107 Å². The summed E-state index contributed by atoms with van der Waals surface area (Å²) in [6.07, 6.45) is 0. The van der Waals surface area contributed by atoms with Crippen molar-refractivity contribution in [2.75, 3.05) is 19.0 Å². The number of aliphatic hydroxyl groups excluding tert-OH is 1. The lowest BCUT2D eigenvalue weighted by Crippen LogP contribution is -2.05. The fourth-order valence-corrected chi connectivity index (χ4v) is 2.02. The van der Waals surface area contributed by atoms with Crippen molar-refractivity contribution < 1.29 is 5.11 Å². The zero-order valence-corrected chi connectivity index (χ0v) is 11.1. The van der Waals surface area contributed by atoms with Crippen LogP contribution in [0, 0.1) is 13.8 Å². The number of aromatic nitrogens is 2. The smallest absolute Gasteiger partial charge is 0.0926 e. The first-order valence-electron chi connectivity index (χ1n) is 6.10. The lowest BCUT2D eigenvalue weighted by Gasteiger charge is -2.06. The highest BCUT2D eigenvalue weighted by molar-refractivity contribution is 5.67. The van der Waals surface area contributed by atoms with Crippen LogP contribution in [-0.2, 0) is 6.54 Å². The minimum Gasteiger partial charge on any atom is -0.394 e. The van der Waals surface area contributed by atoms with Crippen molar-refractivity contribution in [3.8, 4) is 11.3 Å². The monoisotopic (exact) mass is 245 g/mol. The first-order valence-corrected chi connectivity index (χ1v) is 6.10. The van der Waals surface area contributed by atoms with Gasteiger partial charge in [0.1, 0.15) is 0 Å². The van der Waals surface area contributed by atoms with Gasteiger partial charge in [0.25, 0.3) is 0 Å². The Hall–Kier alpha value is -1.81. The van der Waals surface area contributed by atoms with Crippen molar-refractivity contribution >= 4 is 5.69 Å². The number of nitrogens with zero attached hydrogens (tertiary/aromatic N) is 2. The van der Waals surface area contributed by atoms with E-state index in [9.17, 15) is 0 Å². The quantitative estimate of drug-likeness (QED) is 0.868. The Bertz CT molecular complexity index is 546. The van der Waals surface area contributed by atoms with E-state index in [2.05, 4.69) is 35.5 Å². The van der Waals surface area contributed by atoms with Crippen LogP contribution in [0.3, 0.4) is 0 Å². The second-order valence-electron chi connectivity index (χ2n) is 4.40. The number of aliphatic hydroxyl groups is 1. The molecule has 0 aliphatic heterocycles. The lowest BCUT2D eigenvalue weighted by atomic mass is 10.1. The molecular weight excluding hydrogens is 226 g/mol. The number of anilines is 1. The van der Waals surface area contributed by atoms with E-state index in [-0.39, 0.29) is 6.61 Å². The van der Waals surface area contributed by atoms with E-state index >= 15 is 0 Å². The van der Waals surface area contributed by atoms with Crippen LogP contribution in [0.4, 0.5) is 5.69 Å². The first-order chi connectivity index (χ1) is 8.65. The third-order valence-corrected chi connectivity index (χ3v) is 3.10. The molecule has 4 heteroatoms. The Morgan fingerprint density at radius 1 is 1.28 bits per heavy atom. The van der Waals surface area contributed by atoms with Crippen LogP contribution in [0.15, 0.2) is 24.3 Å². The zero-order chi connectivity index (χ0) is 13.1. The molecule has 96 valence electrons. The zero-order valence-electron chi connectivity index (χ0n) is 11.1. The molecule has 0 aliphatic rings. The molecule has 0 bridgehead atoms. The van der Waals surface area contributed by atoms with Gasteiger partial charge in [0.05, 0.1) is 18.8 Å². The summed E-state index contributed by atoms with van der Waals surface area (Å²) in [6, 6.07) is 8.29. The highest BCUT2D eigenvalue weighted by Gasteiger charge is 2.07. The van der Waals surface area contributed by atoms with E-state index in [1.165, 1.54) is 5.56 Å². The molecule has 1 heterocycles. The molecule has 0 atom stereocenters. The number of aryl methyl sites for hydroxylation is 2. The van der Waals surface area contributed by atoms with E-state index in [0.717, 1.165) is 22.6 Å². The van der Waals surface area contributed by atoms with Crippen LogP contribution in [-0.4, -0.2) is 28.5 Å². The molecule has 2 aromatic rings. The average Bonchev–Trinajstić information content (AvgIpc) is 2.72. The van der Waals surface area contributed by atoms with E-state index in [1.807, 2.05) is 24.7 Å². The van der Waals surface area contributed by atoms with E-state index in [1.54, 1.807) is 0 Å². The van der Waals surface area contributed by atoms with Gasteiger partial charge in [-0.3, -0.25) is 4.68 Å². The number of benzene rings is 1. The fourth-order valence-electron chi connectivity index (χ4n) is 2.02. The highest BCUT2D eigenvalue weighted by Crippen LogP contribution is 2.24. The van der Waals surface area contributed by atoms with Crippen LogP contribution >= 0.6 is 0 Å². The molecule has 0 spiro atoms. The lowest BCUT2D eigenvalue weighted by molar-refractivity contribution is 0.268. The van der Waals surface area contributed by atoms with Crippen LogP contribution in [0.5, 0.6) is 0 Å². The Kier molecular flexibility index (Phi) is 3.67. The number of rotatable bonds is 4. The van der Waals surface area contributed by atoms with Crippen molar-refractivity contribution in [3.63, 3.8) is 0 Å². The molecule has 0 saturated carbocycles. The Balaban J connectivity index is 2.39. The SMILES string of the molecule is CNc1cc(-c2cc(C)n(CCO)n2)ccc1C. The number of nitrogens with one attached hydrogen (secondary N) is 1. The molecule has 0 fully saturated rings. The molecular formula is C14H19N3O. The van der Waals surface area contributed by atoms with Crippen LogP contribution < -0.4 is 5.32 Å². The van der Waals surface area contributed by atoms with E-state index in [4.69, 9.17) is 5.11 Å². The van der Waals surface area contributed by atoms with Gasteiger partial charge in [0.15, 0.2) is 0 Å². The molecule has 0 saturated heterocycles. The van der Waals surface area contributed by atoms with Crippen LogP contribution in [0.2, 0.25) is 0 Å². The van der Waals surface area contributed by atoms with Gasteiger partial charge >= 0.3 is 0 Å². The van der Waals surface area contributed by atoms with Gasteiger partial charge in [-0.25, -0.2) is 0 Å². The summed E-state index contributed by atoms with van der Waals surface area (Å²) in [7, 11) is 1.92. The van der Waals surface area contributed by atoms with Crippen LogP contribution in [0.25, 0.3) is 11.3 Å². The first kappa shape index (κ1) is 12.6. The third kappa shape index (κ3) is 2.38. The van der Waals surface area contributed by atoms with Crippen molar-refractivity contribution in [1.29, 1.82) is 0 Å². The summed E-state index contributed by atoms with van der Waals surface area (Å²) in [6.45, 7) is 4.72. The molecule has 2 rings (SSSR count). The minimum atomic E-state index is 0.109. The van der Waals surface area contributed by atoms with Crippen molar-refractivity contribution in [2.24, 2.45) is 0 Å². The number of hydrogen-bond donors (Lipinski definition) is 2. The number of hydrogen-bond acceptors (Lipinski definition) is 3. The maximum absolute atomic E-state index is 8.97. The maximum Gasteiger partial charge on any atom is 0.0926 e. The molecule has 0 unspecified atom stereocenters. The molecule has 18 heavy (non-hydrogen) atoms. The van der Waals surface area contributed by atoms with Crippen molar-refractivity contribution in [1.82, 2.24) is 9.78 Å². The second kappa shape index (κ2) is 5.23. The summed E-state index contributed by atoms with van der Waals surface area (Å²) in [5.41, 5.74) is 5.42. The fraction of sp³-hybridized carbons (Fsp3) is 0.357. The molecule has 1 aromatic carbocycles. The van der Waals surface area contributed by atoms with Gasteiger partial charge in [0, 0.05) is 24.0 Å². The maximum atomic E-state index is 8.97. The third-order valence-electron chi connectivity index (χ3n) is 3.10. The van der Waals surface area contributed by atoms with Crippen molar-refractivity contribution in [3.05, 3.63) is 35.5 Å². The Morgan fingerprint density at radius 2 is 2.06 bits per heavy atom. The van der Waals surface area contributed by atoms with E-state index < -0.39 is 0 Å². The molecule has 4 nitrogen and oxygen atoms in total. The summed E-state index contributed by atoms with van der Waals surface area (Å²) >= 11 is 0. The van der Waals surface area contributed by atoms with Gasteiger partial charge in [0.2, 0.25) is 0 Å². The van der Waals surface area contributed by atoms with Gasteiger partial charge in [-0.2, -0.15) is 5.10 Å². The predicted octanol–water partition coefficient (Wildman–Crippen LogP) is 2.20. The van der Waals surface area contributed by atoms with Gasteiger partial charge in [-0.05, 0) is 31.5 Å². The minimum absolute atomic E-state index is 0.109. The topological polar surface area (TPSA) is 50.1 Å². The van der Waals surface area contributed by atoms with E-state index in [0.29, 0.717) is 6.54 Å². The normalized spacial score (nSPS) is 10.7. The average molecular weight is 245 g/mol. The second-order valence-corrected chi connectivity index (χ2v) is 4.40. The van der Waals surface area contributed by atoms with Crippen LogP contribution in [0.1, 0.15) is 11.3 Å². The molecule has 0 amide bonds. The summed E-state index contributed by atoms with van der Waals surface area (Å²) in [5, 5.41) is 16.7. The molecule has 1 aromatic heterocycles. The standard InChI is InChI=1S/C14H19N3O/c1-10-4-5-12(9-13(10)15-3)14-8-11(2)17(16-14)6-7-18/h4-5,8-9,15,18H,6-7H2,1-3H3.